The van der Waals surface area contributed by atoms with Crippen LogP contribution in [0, 0.1) is 0 Å². The monoisotopic (exact) mass is 204 g/mol. The molecule has 14 heavy (non-hydrogen) atoms. The van der Waals surface area contributed by atoms with Crippen LogP contribution in [0.1, 0.15) is 15.9 Å². The number of halogens is 3. The summed E-state index contributed by atoms with van der Waals surface area (Å²) in [5, 5.41) is 8.51. The van der Waals surface area contributed by atoms with Crippen molar-refractivity contribution >= 4 is 5.97 Å². The summed E-state index contributed by atoms with van der Waals surface area (Å²) in [6.45, 7) is -1.84. The first-order chi connectivity index (χ1) is 6.47. The Hall–Kier alpha value is -1.52. The standard InChI is InChI=1S/C9H7F3O2/c10-5-9(11,12)7-3-1-2-6(4-7)8(13)14/h1-4H,5H2,(H,13,14). The first-order valence-electron chi connectivity index (χ1n) is 3.75. The van der Waals surface area contributed by atoms with Crippen molar-refractivity contribution in [2.45, 2.75) is 5.92 Å². The Kier molecular flexibility index (Phi) is 2.78. The summed E-state index contributed by atoms with van der Waals surface area (Å²) in [5.41, 5.74) is -0.907. The van der Waals surface area contributed by atoms with E-state index < -0.39 is 24.1 Å². The van der Waals surface area contributed by atoms with E-state index in [9.17, 15) is 18.0 Å². The molecule has 0 aliphatic rings. The fraction of sp³-hybridized carbons (Fsp3) is 0.222. The van der Waals surface area contributed by atoms with Crippen molar-refractivity contribution in [1.29, 1.82) is 0 Å². The van der Waals surface area contributed by atoms with Gasteiger partial charge in [-0.05, 0) is 12.1 Å². The van der Waals surface area contributed by atoms with E-state index in [4.69, 9.17) is 5.11 Å². The minimum absolute atomic E-state index is 0.282. The lowest BCUT2D eigenvalue weighted by Crippen LogP contribution is -2.16. The van der Waals surface area contributed by atoms with E-state index >= 15 is 0 Å². The molecule has 5 heteroatoms. The molecule has 1 rings (SSSR count). The van der Waals surface area contributed by atoms with Crippen LogP contribution in [0.25, 0.3) is 0 Å². The molecular weight excluding hydrogens is 197 g/mol. The number of alkyl halides is 3. The van der Waals surface area contributed by atoms with Crippen LogP contribution in [0.4, 0.5) is 13.2 Å². The highest BCUT2D eigenvalue weighted by molar-refractivity contribution is 5.87. The molecule has 0 aliphatic heterocycles. The Morgan fingerprint density at radius 3 is 2.57 bits per heavy atom. The molecule has 1 N–H and O–H groups in total. The van der Waals surface area contributed by atoms with Crippen LogP contribution >= 0.6 is 0 Å². The van der Waals surface area contributed by atoms with Crippen molar-refractivity contribution in [3.63, 3.8) is 0 Å². The second kappa shape index (κ2) is 3.69. The lowest BCUT2D eigenvalue weighted by Gasteiger charge is -2.12. The maximum atomic E-state index is 12.8. The summed E-state index contributed by atoms with van der Waals surface area (Å²) < 4.78 is 37.4. The van der Waals surface area contributed by atoms with Crippen LogP contribution in [-0.2, 0) is 5.92 Å². The van der Waals surface area contributed by atoms with E-state index in [0.29, 0.717) is 0 Å². The van der Waals surface area contributed by atoms with Gasteiger partial charge in [-0.2, -0.15) is 8.78 Å². The summed E-state index contributed by atoms with van der Waals surface area (Å²) >= 11 is 0. The van der Waals surface area contributed by atoms with Gasteiger partial charge in [-0.15, -0.1) is 0 Å². The zero-order chi connectivity index (χ0) is 10.8. The van der Waals surface area contributed by atoms with E-state index in [0.717, 1.165) is 18.2 Å². The van der Waals surface area contributed by atoms with Crippen molar-refractivity contribution < 1.29 is 23.1 Å². The molecule has 1 aromatic rings. The molecule has 0 radical (unpaired) electrons. The number of carboxylic acid groups (broad SMARTS) is 1. The third kappa shape index (κ3) is 2.04. The molecule has 0 aliphatic carbocycles. The smallest absolute Gasteiger partial charge is 0.335 e. The molecule has 0 spiro atoms. The first kappa shape index (κ1) is 10.6. The molecule has 0 bridgehead atoms. The largest absolute Gasteiger partial charge is 0.478 e. The highest BCUT2D eigenvalue weighted by Gasteiger charge is 2.31. The second-order valence-electron chi connectivity index (χ2n) is 2.72. The molecule has 0 saturated carbocycles. The molecule has 0 fully saturated rings. The number of hydrogen-bond donors (Lipinski definition) is 1. The van der Waals surface area contributed by atoms with Gasteiger partial charge in [0.25, 0.3) is 0 Å². The van der Waals surface area contributed by atoms with Gasteiger partial charge in [0.1, 0.15) is 0 Å². The number of rotatable bonds is 3. The second-order valence-corrected chi connectivity index (χ2v) is 2.72. The van der Waals surface area contributed by atoms with Gasteiger partial charge < -0.3 is 5.11 Å². The van der Waals surface area contributed by atoms with Crippen LogP contribution in [0.5, 0.6) is 0 Å². The van der Waals surface area contributed by atoms with Gasteiger partial charge >= 0.3 is 11.9 Å². The lowest BCUT2D eigenvalue weighted by molar-refractivity contribution is -0.0281. The van der Waals surface area contributed by atoms with Crippen LogP contribution in [0.2, 0.25) is 0 Å². The summed E-state index contributed by atoms with van der Waals surface area (Å²) in [4.78, 5) is 10.4. The van der Waals surface area contributed by atoms with Gasteiger partial charge in [-0.3, -0.25) is 0 Å². The highest BCUT2D eigenvalue weighted by atomic mass is 19.3. The Morgan fingerprint density at radius 2 is 2.07 bits per heavy atom. The lowest BCUT2D eigenvalue weighted by atomic mass is 10.1. The highest BCUT2D eigenvalue weighted by Crippen LogP contribution is 2.28. The molecule has 76 valence electrons. The Balaban J connectivity index is 3.12. The van der Waals surface area contributed by atoms with E-state index in [1.165, 1.54) is 6.07 Å². The molecule has 1 aromatic carbocycles. The zero-order valence-corrected chi connectivity index (χ0v) is 7.01. The van der Waals surface area contributed by atoms with Crippen molar-refractivity contribution in [3.05, 3.63) is 35.4 Å². The first-order valence-corrected chi connectivity index (χ1v) is 3.75. The quantitative estimate of drug-likeness (QED) is 0.820. The predicted octanol–water partition coefficient (Wildman–Crippen LogP) is 2.45. The summed E-state index contributed by atoms with van der Waals surface area (Å²) in [5.74, 6) is -4.94. The maximum Gasteiger partial charge on any atom is 0.335 e. The van der Waals surface area contributed by atoms with Gasteiger partial charge in [0.2, 0.25) is 0 Å². The van der Waals surface area contributed by atoms with Crippen molar-refractivity contribution in [2.24, 2.45) is 0 Å². The third-order valence-corrected chi connectivity index (χ3v) is 1.70. The van der Waals surface area contributed by atoms with Crippen LogP contribution < -0.4 is 0 Å². The Morgan fingerprint density at radius 1 is 1.43 bits per heavy atom. The van der Waals surface area contributed by atoms with E-state index in [2.05, 4.69) is 0 Å². The molecule has 0 saturated heterocycles. The van der Waals surface area contributed by atoms with Crippen LogP contribution in [-0.4, -0.2) is 17.8 Å². The van der Waals surface area contributed by atoms with Crippen molar-refractivity contribution in [2.75, 3.05) is 6.67 Å². The molecular formula is C9H7F3O2. The minimum atomic E-state index is -3.62. The fourth-order valence-electron chi connectivity index (χ4n) is 0.957. The number of benzene rings is 1. The van der Waals surface area contributed by atoms with Crippen molar-refractivity contribution in [1.82, 2.24) is 0 Å². The molecule has 2 nitrogen and oxygen atoms in total. The molecule has 0 aromatic heterocycles. The van der Waals surface area contributed by atoms with Gasteiger partial charge in [0.15, 0.2) is 6.67 Å². The fourth-order valence-corrected chi connectivity index (χ4v) is 0.957. The third-order valence-electron chi connectivity index (χ3n) is 1.70. The van der Waals surface area contributed by atoms with Gasteiger partial charge in [0, 0.05) is 5.56 Å². The van der Waals surface area contributed by atoms with Gasteiger partial charge in [-0.25, -0.2) is 9.18 Å². The van der Waals surface area contributed by atoms with Crippen LogP contribution in [0.15, 0.2) is 24.3 Å². The Labute approximate surface area is 78.0 Å². The molecule has 0 heterocycles. The SMILES string of the molecule is O=C(O)c1cccc(C(F)(F)CF)c1. The van der Waals surface area contributed by atoms with Gasteiger partial charge in [-0.1, -0.05) is 12.1 Å². The predicted molar refractivity (Wildman–Crippen MR) is 43.3 cm³/mol. The normalized spacial score (nSPS) is 11.4. The minimum Gasteiger partial charge on any atom is -0.478 e. The van der Waals surface area contributed by atoms with E-state index in [1.807, 2.05) is 0 Å². The topological polar surface area (TPSA) is 37.3 Å². The van der Waals surface area contributed by atoms with E-state index in [1.54, 1.807) is 0 Å². The summed E-state index contributed by atoms with van der Waals surface area (Å²) in [7, 11) is 0. The molecule has 0 atom stereocenters. The number of hydrogen-bond acceptors (Lipinski definition) is 1. The number of carboxylic acids is 1. The van der Waals surface area contributed by atoms with E-state index in [-0.39, 0.29) is 5.56 Å². The maximum absolute atomic E-state index is 12.8. The summed E-state index contributed by atoms with van der Waals surface area (Å²) in [6.07, 6.45) is 0. The number of carbonyl (C=O) groups is 1. The average molecular weight is 204 g/mol. The van der Waals surface area contributed by atoms with Gasteiger partial charge in [0.05, 0.1) is 5.56 Å². The number of aromatic carboxylic acids is 1. The average Bonchev–Trinajstić information content (AvgIpc) is 2.18. The summed E-state index contributed by atoms with van der Waals surface area (Å²) in [6, 6.07) is 4.08. The molecule has 0 amide bonds. The zero-order valence-electron chi connectivity index (χ0n) is 7.01. The Bertz CT molecular complexity index is 350. The van der Waals surface area contributed by atoms with Crippen molar-refractivity contribution in [3.8, 4) is 0 Å². The molecule has 0 unspecified atom stereocenters. The van der Waals surface area contributed by atoms with Crippen LogP contribution in [0.3, 0.4) is 0 Å².